The molecule has 0 amide bonds. The first-order valence-electron chi connectivity index (χ1n) is 2.89. The molecule has 1 rings (SSSR count). The molecule has 0 bridgehead atoms. The van der Waals surface area contributed by atoms with Crippen LogP contribution in [0.4, 0.5) is 0 Å². The number of hydrogen-bond acceptors (Lipinski definition) is 3. The zero-order valence-electron chi connectivity index (χ0n) is 5.89. The van der Waals surface area contributed by atoms with Crippen LogP contribution in [0.5, 0.6) is 0 Å². The summed E-state index contributed by atoms with van der Waals surface area (Å²) in [6.07, 6.45) is 0. The van der Waals surface area contributed by atoms with E-state index in [0.717, 1.165) is 0 Å². The molecule has 0 unspecified atom stereocenters. The van der Waals surface area contributed by atoms with Gasteiger partial charge in [-0.15, -0.1) is 0 Å². The van der Waals surface area contributed by atoms with Gasteiger partial charge < -0.3 is 0 Å². The molecule has 1 aliphatic rings. The third kappa shape index (κ3) is 1.00. The fourth-order valence-electron chi connectivity index (χ4n) is 0.713. The topological polar surface area (TPSA) is 72.4 Å². The van der Waals surface area contributed by atoms with Gasteiger partial charge in [-0.1, -0.05) is 0 Å². The van der Waals surface area contributed by atoms with Gasteiger partial charge in [0.15, 0.2) is 5.84 Å². The van der Waals surface area contributed by atoms with Crippen LogP contribution in [0.1, 0.15) is 13.8 Å². The van der Waals surface area contributed by atoms with Gasteiger partial charge in [-0.05, 0) is 13.8 Å². The van der Waals surface area contributed by atoms with Crippen LogP contribution in [-0.4, -0.2) is 23.1 Å². The Morgan fingerprint density at radius 1 is 1.10 bits per heavy atom. The van der Waals surface area contributed by atoms with E-state index in [0.29, 0.717) is 11.5 Å². The minimum atomic E-state index is 0.00463. The Kier molecular flexibility index (Phi) is 1.45. The van der Waals surface area contributed by atoms with Crippen molar-refractivity contribution in [2.24, 2.45) is 9.98 Å². The summed E-state index contributed by atoms with van der Waals surface area (Å²) in [4.78, 5) is 7.62. The maximum absolute atomic E-state index is 7.23. The Labute approximate surface area is 58.7 Å². The predicted octanol–water partition coefficient (Wildman–Crippen LogP) is 0.876. The molecule has 1 heterocycles. The monoisotopic (exact) mass is 136 g/mol. The molecular weight excluding hydrogens is 128 g/mol. The smallest absolute Gasteiger partial charge is 0.173 e. The molecule has 4 nitrogen and oxygen atoms in total. The van der Waals surface area contributed by atoms with E-state index < -0.39 is 0 Å². The summed E-state index contributed by atoms with van der Waals surface area (Å²) in [5, 5.41) is 14.4. The number of aliphatic imine (C=N–C) groups is 2. The molecule has 0 aromatic heterocycles. The Morgan fingerprint density at radius 2 is 1.70 bits per heavy atom. The minimum absolute atomic E-state index is 0.00463. The van der Waals surface area contributed by atoms with Crippen LogP contribution in [0.25, 0.3) is 0 Å². The normalized spacial score (nSPS) is 18.6. The van der Waals surface area contributed by atoms with Gasteiger partial charge in [0.2, 0.25) is 0 Å². The highest BCUT2D eigenvalue weighted by molar-refractivity contribution is 6.68. The Morgan fingerprint density at radius 3 is 2.20 bits per heavy atom. The third-order valence-electron chi connectivity index (χ3n) is 1.20. The van der Waals surface area contributed by atoms with E-state index in [-0.39, 0.29) is 11.5 Å². The lowest BCUT2D eigenvalue weighted by atomic mass is 10.2. The second kappa shape index (κ2) is 2.13. The second-order valence-corrected chi connectivity index (χ2v) is 2.08. The first-order valence-corrected chi connectivity index (χ1v) is 2.89. The van der Waals surface area contributed by atoms with Gasteiger partial charge in [0.1, 0.15) is 11.5 Å². The maximum atomic E-state index is 7.23. The van der Waals surface area contributed by atoms with Crippen molar-refractivity contribution in [3.05, 3.63) is 0 Å². The lowest BCUT2D eigenvalue weighted by Crippen LogP contribution is -2.24. The summed E-state index contributed by atoms with van der Waals surface area (Å²) in [6.45, 7) is 3.42. The van der Waals surface area contributed by atoms with Gasteiger partial charge in [-0.25, -0.2) is 9.98 Å². The van der Waals surface area contributed by atoms with Crippen molar-refractivity contribution in [1.29, 1.82) is 10.8 Å². The maximum Gasteiger partial charge on any atom is 0.173 e. The summed E-state index contributed by atoms with van der Waals surface area (Å²) < 4.78 is 0. The molecular formula is C6H8N4. The van der Waals surface area contributed by atoms with Gasteiger partial charge in [0.25, 0.3) is 0 Å². The van der Waals surface area contributed by atoms with Gasteiger partial charge in [0, 0.05) is 0 Å². The van der Waals surface area contributed by atoms with E-state index in [9.17, 15) is 0 Å². The van der Waals surface area contributed by atoms with Crippen LogP contribution in [0, 0.1) is 10.8 Å². The second-order valence-electron chi connectivity index (χ2n) is 2.08. The average Bonchev–Trinajstić information content (AvgIpc) is 1.82. The zero-order valence-corrected chi connectivity index (χ0v) is 5.89. The van der Waals surface area contributed by atoms with Crippen molar-refractivity contribution >= 4 is 23.1 Å². The highest BCUT2D eigenvalue weighted by atomic mass is 15.0. The number of nitrogens with zero attached hydrogens (tertiary/aromatic N) is 2. The Hall–Kier alpha value is -1.32. The fourth-order valence-corrected chi connectivity index (χ4v) is 0.713. The lowest BCUT2D eigenvalue weighted by molar-refractivity contribution is 1.39. The molecule has 52 valence electrons. The summed E-state index contributed by atoms with van der Waals surface area (Å²) >= 11 is 0. The highest BCUT2D eigenvalue weighted by Crippen LogP contribution is 1.96. The molecule has 10 heavy (non-hydrogen) atoms. The predicted molar refractivity (Wildman–Crippen MR) is 41.7 cm³/mol. The van der Waals surface area contributed by atoms with Crippen LogP contribution in [0.3, 0.4) is 0 Å². The minimum Gasteiger partial charge on any atom is -0.295 e. The van der Waals surface area contributed by atoms with E-state index in [1.54, 1.807) is 13.8 Å². The molecule has 0 radical (unpaired) electrons. The fraction of sp³-hybridized carbons (Fsp3) is 0.333. The van der Waals surface area contributed by atoms with Crippen LogP contribution in [-0.2, 0) is 0 Å². The van der Waals surface area contributed by atoms with Crippen molar-refractivity contribution in [2.45, 2.75) is 13.8 Å². The first-order chi connectivity index (χ1) is 4.61. The van der Waals surface area contributed by atoms with Crippen molar-refractivity contribution in [2.75, 3.05) is 0 Å². The van der Waals surface area contributed by atoms with E-state index in [1.165, 1.54) is 0 Å². The van der Waals surface area contributed by atoms with Crippen LogP contribution in [0.2, 0.25) is 0 Å². The number of rotatable bonds is 0. The molecule has 0 aromatic rings. The summed E-state index contributed by atoms with van der Waals surface area (Å²) in [5.74, 6) is 0.559. The highest BCUT2D eigenvalue weighted by Gasteiger charge is 2.12. The largest absolute Gasteiger partial charge is 0.295 e. The molecule has 0 aromatic carbocycles. The Balaban J connectivity index is 3.07. The van der Waals surface area contributed by atoms with Crippen molar-refractivity contribution in [3.63, 3.8) is 0 Å². The number of hydrogen-bond donors (Lipinski definition) is 2. The molecule has 1 aliphatic heterocycles. The molecule has 4 heteroatoms. The molecule has 0 atom stereocenters. The number of amidine groups is 2. The van der Waals surface area contributed by atoms with Crippen LogP contribution < -0.4 is 0 Å². The zero-order chi connectivity index (χ0) is 7.72. The lowest BCUT2D eigenvalue weighted by Gasteiger charge is -2.06. The average molecular weight is 136 g/mol. The van der Waals surface area contributed by atoms with Crippen molar-refractivity contribution < 1.29 is 0 Å². The van der Waals surface area contributed by atoms with E-state index in [2.05, 4.69) is 9.98 Å². The van der Waals surface area contributed by atoms with Crippen molar-refractivity contribution in [3.8, 4) is 0 Å². The first kappa shape index (κ1) is 6.80. The molecule has 0 aliphatic carbocycles. The van der Waals surface area contributed by atoms with Gasteiger partial charge >= 0.3 is 0 Å². The molecule has 2 N–H and O–H groups in total. The Bertz CT molecular complexity index is 256. The quantitative estimate of drug-likeness (QED) is 0.496. The van der Waals surface area contributed by atoms with E-state index in [4.69, 9.17) is 10.8 Å². The van der Waals surface area contributed by atoms with E-state index in [1.807, 2.05) is 0 Å². The molecule has 0 saturated heterocycles. The molecule has 0 spiro atoms. The SMILES string of the molecule is CC1=NC(=N)C(=N)C(C)=N1. The van der Waals surface area contributed by atoms with E-state index >= 15 is 0 Å². The summed E-state index contributed by atoms with van der Waals surface area (Å²) in [7, 11) is 0. The van der Waals surface area contributed by atoms with Crippen molar-refractivity contribution in [1.82, 2.24) is 0 Å². The summed E-state index contributed by atoms with van der Waals surface area (Å²) in [5.41, 5.74) is 0.683. The third-order valence-corrected chi connectivity index (χ3v) is 1.20. The van der Waals surface area contributed by atoms with Crippen LogP contribution in [0.15, 0.2) is 9.98 Å². The van der Waals surface area contributed by atoms with Gasteiger partial charge in [-0.2, -0.15) is 0 Å². The molecule has 0 fully saturated rings. The summed E-state index contributed by atoms with van der Waals surface area (Å²) in [6, 6.07) is 0. The standard InChI is InChI=1S/C6H8N4/c1-3-5(7)6(8)10-4(2)9-3/h7-8H,1-2H3. The van der Waals surface area contributed by atoms with Crippen LogP contribution >= 0.6 is 0 Å². The number of nitrogens with one attached hydrogen (secondary N) is 2. The van der Waals surface area contributed by atoms with Gasteiger partial charge in [-0.3, -0.25) is 10.8 Å². The van der Waals surface area contributed by atoms with Gasteiger partial charge in [0.05, 0.1) is 5.71 Å². The molecule has 0 saturated carbocycles.